The van der Waals surface area contributed by atoms with Crippen molar-refractivity contribution in [1.82, 2.24) is 0 Å². The summed E-state index contributed by atoms with van der Waals surface area (Å²) < 4.78 is 5.48. The SMILES string of the molecule is CCCOc1cc(Sc2cccc(O)c2)cc([N+](=O)[O-])c1. The molecular weight excluding hydrogens is 290 g/mol. The number of hydrogen-bond acceptors (Lipinski definition) is 5. The molecule has 2 aromatic carbocycles. The second kappa shape index (κ2) is 6.99. The van der Waals surface area contributed by atoms with Gasteiger partial charge < -0.3 is 9.84 Å². The second-order valence-electron chi connectivity index (χ2n) is 4.37. The number of aromatic hydroxyl groups is 1. The van der Waals surface area contributed by atoms with E-state index in [-0.39, 0.29) is 11.4 Å². The number of phenols is 1. The molecule has 0 aliphatic heterocycles. The van der Waals surface area contributed by atoms with Crippen molar-refractivity contribution in [3.8, 4) is 11.5 Å². The molecule has 0 unspecified atom stereocenters. The monoisotopic (exact) mass is 305 g/mol. The zero-order valence-electron chi connectivity index (χ0n) is 11.5. The van der Waals surface area contributed by atoms with Crippen LogP contribution >= 0.6 is 11.8 Å². The fraction of sp³-hybridized carbons (Fsp3) is 0.200. The molecule has 5 nitrogen and oxygen atoms in total. The highest BCUT2D eigenvalue weighted by molar-refractivity contribution is 7.99. The van der Waals surface area contributed by atoms with Gasteiger partial charge in [-0.1, -0.05) is 24.8 Å². The van der Waals surface area contributed by atoms with Crippen LogP contribution in [0.3, 0.4) is 0 Å². The molecule has 0 radical (unpaired) electrons. The van der Waals surface area contributed by atoms with Crippen molar-refractivity contribution in [2.45, 2.75) is 23.1 Å². The molecule has 1 N–H and O–H groups in total. The minimum atomic E-state index is -0.439. The first-order valence-corrected chi connectivity index (χ1v) is 7.29. The lowest BCUT2D eigenvalue weighted by Crippen LogP contribution is -1.96. The number of nitro groups is 1. The average molecular weight is 305 g/mol. The van der Waals surface area contributed by atoms with Crippen LogP contribution in [0.15, 0.2) is 52.3 Å². The van der Waals surface area contributed by atoms with Crippen LogP contribution in [0, 0.1) is 10.1 Å². The molecule has 0 fully saturated rings. The number of ether oxygens (including phenoxy) is 1. The van der Waals surface area contributed by atoms with Gasteiger partial charge in [0.2, 0.25) is 0 Å². The van der Waals surface area contributed by atoms with E-state index in [0.29, 0.717) is 17.3 Å². The van der Waals surface area contributed by atoms with Crippen molar-refractivity contribution in [2.75, 3.05) is 6.61 Å². The summed E-state index contributed by atoms with van der Waals surface area (Å²) in [6.45, 7) is 2.48. The van der Waals surface area contributed by atoms with Crippen LogP contribution in [0.4, 0.5) is 5.69 Å². The third-order valence-electron chi connectivity index (χ3n) is 2.60. The van der Waals surface area contributed by atoms with Gasteiger partial charge in [0.15, 0.2) is 0 Å². The molecule has 2 rings (SSSR count). The normalized spacial score (nSPS) is 10.3. The molecular formula is C15H15NO4S. The number of rotatable bonds is 6. The summed E-state index contributed by atoms with van der Waals surface area (Å²) in [4.78, 5) is 12.0. The van der Waals surface area contributed by atoms with E-state index in [1.165, 1.54) is 23.9 Å². The minimum absolute atomic E-state index is 0.00810. The lowest BCUT2D eigenvalue weighted by molar-refractivity contribution is -0.385. The van der Waals surface area contributed by atoms with E-state index in [1.54, 1.807) is 24.3 Å². The summed E-state index contributed by atoms with van der Waals surface area (Å²) >= 11 is 1.34. The van der Waals surface area contributed by atoms with Crippen LogP contribution in [0.2, 0.25) is 0 Å². The predicted octanol–water partition coefficient (Wildman–Crippen LogP) is 4.24. The first-order chi connectivity index (χ1) is 10.1. The third-order valence-corrected chi connectivity index (χ3v) is 3.56. The van der Waals surface area contributed by atoms with E-state index >= 15 is 0 Å². The highest BCUT2D eigenvalue weighted by Gasteiger charge is 2.11. The maximum absolute atomic E-state index is 11.0. The molecule has 0 spiro atoms. The Morgan fingerprint density at radius 3 is 2.71 bits per heavy atom. The Kier molecular flexibility index (Phi) is 5.05. The van der Waals surface area contributed by atoms with Gasteiger partial charge in [0.25, 0.3) is 5.69 Å². The Morgan fingerprint density at radius 1 is 1.24 bits per heavy atom. The van der Waals surface area contributed by atoms with Crippen molar-refractivity contribution in [1.29, 1.82) is 0 Å². The number of hydrogen-bond donors (Lipinski definition) is 1. The van der Waals surface area contributed by atoms with Gasteiger partial charge in [-0.3, -0.25) is 10.1 Å². The minimum Gasteiger partial charge on any atom is -0.508 e. The molecule has 0 heterocycles. The van der Waals surface area contributed by atoms with Gasteiger partial charge in [0.05, 0.1) is 17.6 Å². The number of nitro benzene ring substituents is 1. The van der Waals surface area contributed by atoms with Crippen LogP contribution in [0.25, 0.3) is 0 Å². The van der Waals surface area contributed by atoms with Gasteiger partial charge in [0.1, 0.15) is 11.5 Å². The molecule has 0 atom stereocenters. The summed E-state index contributed by atoms with van der Waals surface area (Å²) in [5, 5.41) is 20.4. The van der Waals surface area contributed by atoms with Gasteiger partial charge in [-0.25, -0.2) is 0 Å². The van der Waals surface area contributed by atoms with Crippen molar-refractivity contribution in [3.63, 3.8) is 0 Å². The Bertz CT molecular complexity index is 645. The lowest BCUT2D eigenvalue weighted by Gasteiger charge is -2.07. The number of non-ortho nitro benzene ring substituents is 1. The average Bonchev–Trinajstić information content (AvgIpc) is 2.45. The largest absolute Gasteiger partial charge is 0.508 e. The van der Waals surface area contributed by atoms with E-state index in [2.05, 4.69) is 0 Å². The van der Waals surface area contributed by atoms with E-state index in [1.807, 2.05) is 13.0 Å². The molecule has 0 aromatic heterocycles. The summed E-state index contributed by atoms with van der Waals surface area (Å²) in [7, 11) is 0. The molecule has 0 saturated heterocycles. The quantitative estimate of drug-likeness (QED) is 0.638. The molecule has 0 saturated carbocycles. The Labute approximate surface area is 126 Å². The molecule has 2 aromatic rings. The van der Waals surface area contributed by atoms with Crippen LogP contribution < -0.4 is 4.74 Å². The van der Waals surface area contributed by atoms with Crippen molar-refractivity contribution >= 4 is 17.4 Å². The summed E-state index contributed by atoms with van der Waals surface area (Å²) in [6.07, 6.45) is 0.831. The molecule has 0 aliphatic carbocycles. The summed E-state index contributed by atoms with van der Waals surface area (Å²) in [5.41, 5.74) is -0.00810. The Hall–Kier alpha value is -2.21. The zero-order chi connectivity index (χ0) is 15.2. The first-order valence-electron chi connectivity index (χ1n) is 6.47. The number of nitrogens with zero attached hydrogens (tertiary/aromatic N) is 1. The van der Waals surface area contributed by atoms with Gasteiger partial charge in [-0.05, 0) is 30.7 Å². The van der Waals surface area contributed by atoms with Crippen molar-refractivity contribution < 1.29 is 14.8 Å². The van der Waals surface area contributed by atoms with Gasteiger partial charge in [-0.2, -0.15) is 0 Å². The standard InChI is InChI=1S/C15H15NO4S/c1-2-6-20-13-7-11(16(18)19)8-15(10-13)21-14-5-3-4-12(17)9-14/h3-5,7-10,17H,2,6H2,1H3. The first kappa shape index (κ1) is 15.2. The fourth-order valence-electron chi connectivity index (χ4n) is 1.71. The van der Waals surface area contributed by atoms with E-state index in [9.17, 15) is 15.2 Å². The highest BCUT2D eigenvalue weighted by Crippen LogP contribution is 2.34. The zero-order valence-corrected chi connectivity index (χ0v) is 12.3. The van der Waals surface area contributed by atoms with E-state index < -0.39 is 4.92 Å². The molecule has 0 aliphatic rings. The molecule has 21 heavy (non-hydrogen) atoms. The summed E-state index contributed by atoms with van der Waals surface area (Å²) in [5.74, 6) is 0.640. The Morgan fingerprint density at radius 2 is 2.05 bits per heavy atom. The topological polar surface area (TPSA) is 72.6 Å². The fourth-order valence-corrected chi connectivity index (χ4v) is 2.66. The van der Waals surface area contributed by atoms with Crippen LogP contribution in [-0.2, 0) is 0 Å². The van der Waals surface area contributed by atoms with Crippen molar-refractivity contribution in [2.24, 2.45) is 0 Å². The van der Waals surface area contributed by atoms with Crippen molar-refractivity contribution in [3.05, 3.63) is 52.6 Å². The molecule has 6 heteroatoms. The molecule has 0 bridgehead atoms. The van der Waals surface area contributed by atoms with E-state index in [4.69, 9.17) is 4.74 Å². The summed E-state index contributed by atoms with van der Waals surface area (Å²) in [6, 6.07) is 11.4. The number of phenolic OH excluding ortho intramolecular Hbond substituents is 1. The maximum atomic E-state index is 11.0. The Balaban J connectivity index is 2.28. The smallest absolute Gasteiger partial charge is 0.274 e. The third kappa shape index (κ3) is 4.39. The van der Waals surface area contributed by atoms with Crippen LogP contribution in [0.5, 0.6) is 11.5 Å². The van der Waals surface area contributed by atoms with Crippen LogP contribution in [0.1, 0.15) is 13.3 Å². The van der Waals surface area contributed by atoms with Gasteiger partial charge in [0, 0.05) is 15.9 Å². The molecule has 110 valence electrons. The van der Waals surface area contributed by atoms with Gasteiger partial charge in [-0.15, -0.1) is 0 Å². The highest BCUT2D eigenvalue weighted by atomic mass is 32.2. The van der Waals surface area contributed by atoms with Gasteiger partial charge >= 0.3 is 0 Å². The molecule has 0 amide bonds. The maximum Gasteiger partial charge on any atom is 0.274 e. The predicted molar refractivity (Wildman–Crippen MR) is 81.1 cm³/mol. The second-order valence-corrected chi connectivity index (χ2v) is 5.51. The van der Waals surface area contributed by atoms with E-state index in [0.717, 1.165) is 11.3 Å². The van der Waals surface area contributed by atoms with Crippen LogP contribution in [-0.4, -0.2) is 16.6 Å². The number of benzene rings is 2. The lowest BCUT2D eigenvalue weighted by atomic mass is 10.3.